The standard InChI is InChI=1S/C22H21F4N5O3/c1-13-2-3-16-17(28-13)29-20(34-16)31-8-6-30(7-9-31)19(32)14-10-15(23)18(27-11-14)33-12-21(4-5-21)22(24,25)26/h2-3,10-11H,4-9,12H2,1H3. The fraction of sp³-hybridized carbons (Fsp3) is 0.455. The number of amides is 1. The highest BCUT2D eigenvalue weighted by Crippen LogP contribution is 2.57. The van der Waals surface area contributed by atoms with Gasteiger partial charge in [-0.1, -0.05) is 0 Å². The van der Waals surface area contributed by atoms with E-state index in [0.717, 1.165) is 18.0 Å². The highest BCUT2D eigenvalue weighted by Gasteiger charge is 2.64. The number of alkyl halides is 3. The molecule has 0 bridgehead atoms. The zero-order valence-electron chi connectivity index (χ0n) is 18.2. The van der Waals surface area contributed by atoms with E-state index in [0.29, 0.717) is 43.4 Å². The van der Waals surface area contributed by atoms with Crippen molar-refractivity contribution in [2.75, 3.05) is 37.7 Å². The molecular weight excluding hydrogens is 458 g/mol. The van der Waals surface area contributed by atoms with Crippen molar-refractivity contribution >= 4 is 23.2 Å². The van der Waals surface area contributed by atoms with Crippen LogP contribution in [-0.4, -0.2) is 64.7 Å². The van der Waals surface area contributed by atoms with Crippen molar-refractivity contribution in [3.8, 4) is 5.88 Å². The minimum absolute atomic E-state index is 0.00297. The second kappa shape index (κ2) is 8.10. The number of hydrogen-bond acceptors (Lipinski definition) is 7. The molecule has 2 aliphatic rings. The molecule has 1 aliphatic carbocycles. The molecule has 0 unspecified atom stereocenters. The number of ether oxygens (including phenoxy) is 1. The van der Waals surface area contributed by atoms with E-state index in [-0.39, 0.29) is 18.4 Å². The van der Waals surface area contributed by atoms with Crippen LogP contribution in [0.4, 0.5) is 23.6 Å². The summed E-state index contributed by atoms with van der Waals surface area (Å²) in [5.41, 5.74) is -0.0194. The minimum atomic E-state index is -4.41. The summed E-state index contributed by atoms with van der Waals surface area (Å²) in [6.45, 7) is 2.76. The van der Waals surface area contributed by atoms with Gasteiger partial charge in [-0.15, -0.1) is 0 Å². The number of anilines is 1. The van der Waals surface area contributed by atoms with E-state index in [1.54, 1.807) is 11.0 Å². The van der Waals surface area contributed by atoms with Crippen molar-refractivity contribution in [3.05, 3.63) is 41.5 Å². The predicted octanol–water partition coefficient (Wildman–Crippen LogP) is 3.75. The van der Waals surface area contributed by atoms with E-state index in [2.05, 4.69) is 15.0 Å². The molecule has 3 aromatic heterocycles. The van der Waals surface area contributed by atoms with Crippen LogP contribution in [0.2, 0.25) is 0 Å². The molecule has 0 aromatic carbocycles. The Balaban J connectivity index is 1.20. The molecule has 0 N–H and O–H groups in total. The largest absolute Gasteiger partial charge is 0.475 e. The molecule has 1 aliphatic heterocycles. The van der Waals surface area contributed by atoms with Gasteiger partial charge in [0.2, 0.25) is 11.5 Å². The van der Waals surface area contributed by atoms with Gasteiger partial charge in [-0.25, -0.2) is 14.4 Å². The lowest BCUT2D eigenvalue weighted by molar-refractivity contribution is -0.194. The van der Waals surface area contributed by atoms with Crippen LogP contribution in [0.1, 0.15) is 28.9 Å². The Morgan fingerprint density at radius 2 is 1.91 bits per heavy atom. The van der Waals surface area contributed by atoms with Crippen LogP contribution in [0.15, 0.2) is 28.8 Å². The number of nitrogens with zero attached hydrogens (tertiary/aromatic N) is 5. The lowest BCUT2D eigenvalue weighted by Crippen LogP contribution is -2.49. The average molecular weight is 479 g/mol. The first kappa shape index (κ1) is 22.4. The smallest absolute Gasteiger partial charge is 0.397 e. The maximum atomic E-state index is 14.4. The number of pyridine rings is 2. The summed E-state index contributed by atoms with van der Waals surface area (Å²) < 4.78 is 64.2. The first-order valence-corrected chi connectivity index (χ1v) is 10.8. The monoisotopic (exact) mass is 479 g/mol. The summed E-state index contributed by atoms with van der Waals surface area (Å²) in [7, 11) is 0. The van der Waals surface area contributed by atoms with Crippen molar-refractivity contribution in [2.24, 2.45) is 5.41 Å². The van der Waals surface area contributed by atoms with Gasteiger partial charge in [-0.05, 0) is 38.0 Å². The maximum absolute atomic E-state index is 14.4. The molecule has 0 atom stereocenters. The van der Waals surface area contributed by atoms with E-state index < -0.39 is 35.8 Å². The quantitative estimate of drug-likeness (QED) is 0.516. The van der Waals surface area contributed by atoms with E-state index in [9.17, 15) is 22.4 Å². The fourth-order valence-corrected chi connectivity index (χ4v) is 3.84. The third kappa shape index (κ3) is 4.12. The molecule has 3 aromatic rings. The summed E-state index contributed by atoms with van der Waals surface area (Å²) in [4.78, 5) is 28.7. The summed E-state index contributed by atoms with van der Waals surface area (Å²) >= 11 is 0. The highest BCUT2D eigenvalue weighted by molar-refractivity contribution is 5.94. The Hall–Kier alpha value is -3.44. The Bertz CT molecular complexity index is 1230. The van der Waals surface area contributed by atoms with Gasteiger partial charge in [0.25, 0.3) is 11.9 Å². The van der Waals surface area contributed by atoms with E-state index in [4.69, 9.17) is 9.15 Å². The number of carbonyl (C=O) groups excluding carboxylic acids is 1. The first-order valence-electron chi connectivity index (χ1n) is 10.8. The number of halogens is 4. The maximum Gasteiger partial charge on any atom is 0.397 e. The molecule has 12 heteroatoms. The average Bonchev–Trinajstić information content (AvgIpc) is 3.50. The normalized spacial score (nSPS) is 17.8. The SMILES string of the molecule is Cc1ccc2oc(N3CCN(C(=O)c4cnc(OCC5(C(F)(F)F)CC5)c(F)c4)CC3)nc2n1. The molecule has 1 amide bonds. The van der Waals surface area contributed by atoms with Gasteiger partial charge in [-0.3, -0.25) is 4.79 Å². The van der Waals surface area contributed by atoms with Gasteiger partial charge < -0.3 is 19.0 Å². The third-order valence-electron chi connectivity index (χ3n) is 6.21. The number of hydrogen-bond donors (Lipinski definition) is 0. The van der Waals surface area contributed by atoms with E-state index >= 15 is 0 Å². The van der Waals surface area contributed by atoms with Crippen LogP contribution < -0.4 is 9.64 Å². The highest BCUT2D eigenvalue weighted by atomic mass is 19.4. The number of aryl methyl sites for hydroxylation is 1. The van der Waals surface area contributed by atoms with Crippen LogP contribution in [0, 0.1) is 18.2 Å². The van der Waals surface area contributed by atoms with Crippen LogP contribution in [0.3, 0.4) is 0 Å². The predicted molar refractivity (Wildman–Crippen MR) is 112 cm³/mol. The lowest BCUT2D eigenvalue weighted by atomic mass is 10.1. The van der Waals surface area contributed by atoms with Crippen molar-refractivity contribution in [1.82, 2.24) is 19.9 Å². The molecule has 8 nitrogen and oxygen atoms in total. The van der Waals surface area contributed by atoms with Crippen molar-refractivity contribution < 1.29 is 31.5 Å². The first-order chi connectivity index (χ1) is 16.1. The van der Waals surface area contributed by atoms with Crippen LogP contribution >= 0.6 is 0 Å². The van der Waals surface area contributed by atoms with Gasteiger partial charge >= 0.3 is 6.18 Å². The Morgan fingerprint density at radius 1 is 1.18 bits per heavy atom. The Morgan fingerprint density at radius 3 is 2.56 bits per heavy atom. The summed E-state index contributed by atoms with van der Waals surface area (Å²) in [5.74, 6) is -1.95. The third-order valence-corrected chi connectivity index (χ3v) is 6.21. The minimum Gasteiger partial charge on any atom is -0.475 e. The van der Waals surface area contributed by atoms with Crippen molar-refractivity contribution in [3.63, 3.8) is 0 Å². The number of aromatic nitrogens is 3. The van der Waals surface area contributed by atoms with E-state index in [1.807, 2.05) is 17.9 Å². The van der Waals surface area contributed by atoms with Crippen molar-refractivity contribution in [1.29, 1.82) is 0 Å². The zero-order chi connectivity index (χ0) is 24.1. The molecule has 5 rings (SSSR count). The number of piperazine rings is 1. The Labute approximate surface area is 191 Å². The van der Waals surface area contributed by atoms with Gasteiger partial charge in [0.15, 0.2) is 11.4 Å². The second-order valence-corrected chi connectivity index (χ2v) is 8.63. The second-order valence-electron chi connectivity index (χ2n) is 8.63. The molecule has 2 fully saturated rings. The fourth-order valence-electron chi connectivity index (χ4n) is 3.84. The number of oxazole rings is 1. The van der Waals surface area contributed by atoms with E-state index in [1.165, 1.54) is 0 Å². The molecule has 34 heavy (non-hydrogen) atoms. The van der Waals surface area contributed by atoms with Gasteiger partial charge in [0, 0.05) is 38.1 Å². The van der Waals surface area contributed by atoms with Gasteiger partial charge in [0.1, 0.15) is 12.0 Å². The molecule has 1 saturated carbocycles. The molecule has 0 radical (unpaired) electrons. The van der Waals surface area contributed by atoms with Crippen LogP contribution in [-0.2, 0) is 0 Å². The topological polar surface area (TPSA) is 84.6 Å². The molecule has 4 heterocycles. The molecular formula is C22H21F4N5O3. The molecule has 1 saturated heterocycles. The number of rotatable bonds is 5. The van der Waals surface area contributed by atoms with Gasteiger partial charge in [0.05, 0.1) is 5.56 Å². The van der Waals surface area contributed by atoms with Crippen molar-refractivity contribution in [2.45, 2.75) is 25.9 Å². The summed E-state index contributed by atoms with van der Waals surface area (Å²) in [6.07, 6.45) is -3.40. The molecule has 180 valence electrons. The Kier molecular flexibility index (Phi) is 5.33. The number of fused-ring (bicyclic) bond motifs is 1. The molecule has 0 spiro atoms. The summed E-state index contributed by atoms with van der Waals surface area (Å²) in [5, 5.41) is 0. The van der Waals surface area contributed by atoms with Gasteiger partial charge in [-0.2, -0.15) is 18.2 Å². The van der Waals surface area contributed by atoms with Crippen LogP contribution in [0.5, 0.6) is 5.88 Å². The number of carbonyl (C=O) groups is 1. The zero-order valence-corrected chi connectivity index (χ0v) is 18.2. The van der Waals surface area contributed by atoms with Crippen LogP contribution in [0.25, 0.3) is 11.2 Å². The summed E-state index contributed by atoms with van der Waals surface area (Å²) in [6, 6.07) is 4.99. The lowest BCUT2D eigenvalue weighted by Gasteiger charge is -2.33.